The van der Waals surface area contributed by atoms with E-state index in [-0.39, 0.29) is 42.0 Å². The van der Waals surface area contributed by atoms with Gasteiger partial charge in [-0.15, -0.1) is 24.0 Å². The Kier molecular flexibility index (Phi) is 10.3. The average Bonchev–Trinajstić information content (AvgIpc) is 3.30. The van der Waals surface area contributed by atoms with Gasteiger partial charge in [0.05, 0.1) is 12.6 Å². The van der Waals surface area contributed by atoms with Crippen LogP contribution >= 0.6 is 24.0 Å². The van der Waals surface area contributed by atoms with Crippen LogP contribution in [0.4, 0.5) is 0 Å². The standard InChI is InChI=1S/C23H37N5O2.HI/c1-18-7-9-21(10-8-18)30-19(2)17-25-23(24-4)28-15-13-26(14-16-28)20(3)22(29)27-11-5-6-12-27;/h7-10,19-20H,5-6,11-17H2,1-4H3,(H,24,25);1H. The summed E-state index contributed by atoms with van der Waals surface area (Å²) in [6, 6.07) is 8.09. The second-order valence-electron chi connectivity index (χ2n) is 8.40. The van der Waals surface area contributed by atoms with E-state index in [1.54, 1.807) is 0 Å². The lowest BCUT2D eigenvalue weighted by Gasteiger charge is -2.39. The van der Waals surface area contributed by atoms with Crippen molar-refractivity contribution in [1.82, 2.24) is 20.0 Å². The SMILES string of the molecule is CN=C(NCC(C)Oc1ccc(C)cc1)N1CCN(C(C)C(=O)N2CCCC2)CC1.I. The summed E-state index contributed by atoms with van der Waals surface area (Å²) < 4.78 is 5.99. The predicted octanol–water partition coefficient (Wildman–Crippen LogP) is 2.58. The van der Waals surface area contributed by atoms with Crippen LogP contribution in [0.1, 0.15) is 32.3 Å². The predicted molar refractivity (Wildman–Crippen MR) is 136 cm³/mol. The molecule has 2 saturated heterocycles. The van der Waals surface area contributed by atoms with E-state index in [0.717, 1.165) is 63.8 Å². The molecular formula is C23H38IN5O2. The zero-order valence-electron chi connectivity index (χ0n) is 19.3. The molecule has 8 heteroatoms. The fourth-order valence-corrected chi connectivity index (χ4v) is 4.14. The van der Waals surface area contributed by atoms with Gasteiger partial charge in [0.1, 0.15) is 11.9 Å². The fourth-order valence-electron chi connectivity index (χ4n) is 4.14. The highest BCUT2D eigenvalue weighted by molar-refractivity contribution is 14.0. The van der Waals surface area contributed by atoms with E-state index in [2.05, 4.69) is 46.1 Å². The Morgan fingerprint density at radius 3 is 2.23 bits per heavy atom. The number of likely N-dealkylation sites (tertiary alicyclic amines) is 1. The third-order valence-electron chi connectivity index (χ3n) is 6.05. The van der Waals surface area contributed by atoms with E-state index >= 15 is 0 Å². The number of benzene rings is 1. The fraction of sp³-hybridized carbons (Fsp3) is 0.652. The first-order chi connectivity index (χ1) is 14.5. The normalized spacial score (nSPS) is 19.5. The molecule has 2 fully saturated rings. The number of piperazine rings is 1. The third-order valence-corrected chi connectivity index (χ3v) is 6.05. The zero-order chi connectivity index (χ0) is 21.5. The maximum Gasteiger partial charge on any atom is 0.239 e. The Bertz CT molecular complexity index is 713. The van der Waals surface area contributed by atoms with Crippen molar-refractivity contribution in [2.24, 2.45) is 4.99 Å². The van der Waals surface area contributed by atoms with Crippen molar-refractivity contribution in [3.63, 3.8) is 0 Å². The van der Waals surface area contributed by atoms with Crippen molar-refractivity contribution in [3.8, 4) is 5.75 Å². The van der Waals surface area contributed by atoms with Gasteiger partial charge in [-0.2, -0.15) is 0 Å². The highest BCUT2D eigenvalue weighted by Crippen LogP contribution is 2.15. The minimum atomic E-state index is -0.0387. The molecule has 2 aliphatic heterocycles. The van der Waals surface area contributed by atoms with Gasteiger partial charge in [-0.3, -0.25) is 14.7 Å². The summed E-state index contributed by atoms with van der Waals surface area (Å²) in [4.78, 5) is 23.7. The molecule has 7 nitrogen and oxygen atoms in total. The summed E-state index contributed by atoms with van der Waals surface area (Å²) in [5.41, 5.74) is 1.23. The van der Waals surface area contributed by atoms with Crippen molar-refractivity contribution in [2.45, 2.75) is 45.8 Å². The van der Waals surface area contributed by atoms with Crippen molar-refractivity contribution >= 4 is 35.8 Å². The first-order valence-electron chi connectivity index (χ1n) is 11.2. The summed E-state index contributed by atoms with van der Waals surface area (Å²) in [5.74, 6) is 2.06. The number of halogens is 1. The number of carbonyl (C=O) groups excluding carboxylic acids is 1. The highest BCUT2D eigenvalue weighted by Gasteiger charge is 2.30. The second kappa shape index (κ2) is 12.5. The van der Waals surface area contributed by atoms with Crippen molar-refractivity contribution in [1.29, 1.82) is 0 Å². The quantitative estimate of drug-likeness (QED) is 0.340. The number of amides is 1. The van der Waals surface area contributed by atoms with Crippen LogP contribution in [0.15, 0.2) is 29.3 Å². The Morgan fingerprint density at radius 1 is 1.03 bits per heavy atom. The van der Waals surface area contributed by atoms with Gasteiger partial charge in [0, 0.05) is 46.3 Å². The van der Waals surface area contributed by atoms with Gasteiger partial charge >= 0.3 is 0 Å². The van der Waals surface area contributed by atoms with Gasteiger partial charge < -0.3 is 19.9 Å². The summed E-state index contributed by atoms with van der Waals surface area (Å²) in [6.07, 6.45) is 2.31. The summed E-state index contributed by atoms with van der Waals surface area (Å²) in [7, 11) is 1.82. The molecule has 0 saturated carbocycles. The van der Waals surface area contributed by atoms with E-state index in [9.17, 15) is 4.79 Å². The maximum absolute atomic E-state index is 12.7. The molecule has 174 valence electrons. The van der Waals surface area contributed by atoms with Gasteiger partial charge in [-0.25, -0.2) is 0 Å². The monoisotopic (exact) mass is 543 g/mol. The van der Waals surface area contributed by atoms with Crippen LogP contribution in [0.5, 0.6) is 5.75 Å². The van der Waals surface area contributed by atoms with Crippen LogP contribution in [0.3, 0.4) is 0 Å². The largest absolute Gasteiger partial charge is 0.489 e. The van der Waals surface area contributed by atoms with Crippen LogP contribution in [0.2, 0.25) is 0 Å². The van der Waals surface area contributed by atoms with Gasteiger partial charge in [-0.05, 0) is 45.7 Å². The molecule has 2 unspecified atom stereocenters. The Morgan fingerprint density at radius 2 is 1.65 bits per heavy atom. The number of hydrogen-bond acceptors (Lipinski definition) is 4. The highest BCUT2D eigenvalue weighted by atomic mass is 127. The summed E-state index contributed by atoms with van der Waals surface area (Å²) >= 11 is 0. The van der Waals surface area contributed by atoms with Gasteiger partial charge in [0.15, 0.2) is 5.96 Å². The maximum atomic E-state index is 12.7. The molecule has 0 radical (unpaired) electrons. The Labute approximate surface area is 204 Å². The van der Waals surface area contributed by atoms with E-state index < -0.39 is 0 Å². The van der Waals surface area contributed by atoms with Crippen molar-refractivity contribution in [2.75, 3.05) is 52.9 Å². The van der Waals surface area contributed by atoms with E-state index in [1.807, 2.05) is 31.0 Å². The van der Waals surface area contributed by atoms with Crippen LogP contribution in [-0.4, -0.2) is 91.6 Å². The molecule has 2 aliphatic rings. The minimum absolute atomic E-state index is 0. The van der Waals surface area contributed by atoms with Crippen LogP contribution in [0, 0.1) is 6.92 Å². The molecule has 2 atom stereocenters. The number of hydrogen-bond donors (Lipinski definition) is 1. The van der Waals surface area contributed by atoms with Gasteiger partial charge in [0.2, 0.25) is 5.91 Å². The summed E-state index contributed by atoms with van der Waals surface area (Å²) in [5, 5.41) is 3.44. The lowest BCUT2D eigenvalue weighted by atomic mass is 10.2. The topological polar surface area (TPSA) is 60.4 Å². The van der Waals surface area contributed by atoms with E-state index in [0.29, 0.717) is 6.54 Å². The Balaban J connectivity index is 0.00000341. The first kappa shape index (κ1) is 25.7. The molecule has 3 rings (SSSR count). The molecule has 1 aromatic carbocycles. The molecule has 0 aromatic heterocycles. The van der Waals surface area contributed by atoms with Gasteiger partial charge in [-0.1, -0.05) is 17.7 Å². The first-order valence-corrected chi connectivity index (χ1v) is 11.2. The molecule has 31 heavy (non-hydrogen) atoms. The van der Waals surface area contributed by atoms with Crippen LogP contribution in [-0.2, 0) is 4.79 Å². The number of aryl methyl sites for hydroxylation is 1. The van der Waals surface area contributed by atoms with Crippen molar-refractivity contribution < 1.29 is 9.53 Å². The minimum Gasteiger partial charge on any atom is -0.489 e. The van der Waals surface area contributed by atoms with Crippen molar-refractivity contribution in [3.05, 3.63) is 29.8 Å². The Hall–Kier alpha value is -1.55. The van der Waals surface area contributed by atoms with E-state index in [4.69, 9.17) is 4.74 Å². The lowest BCUT2D eigenvalue weighted by molar-refractivity contribution is -0.135. The molecule has 1 aromatic rings. The van der Waals surface area contributed by atoms with Crippen LogP contribution in [0.25, 0.3) is 0 Å². The molecule has 2 heterocycles. The number of aliphatic imine (C=N–C) groups is 1. The number of rotatable bonds is 6. The molecular weight excluding hydrogens is 505 g/mol. The third kappa shape index (κ3) is 7.24. The number of ether oxygens (including phenoxy) is 1. The number of guanidine groups is 1. The lowest BCUT2D eigenvalue weighted by Crippen LogP contribution is -2.57. The molecule has 0 aliphatic carbocycles. The molecule has 0 bridgehead atoms. The smallest absolute Gasteiger partial charge is 0.239 e. The number of carbonyl (C=O) groups is 1. The number of nitrogens with one attached hydrogen (secondary N) is 1. The molecule has 1 amide bonds. The molecule has 0 spiro atoms. The zero-order valence-corrected chi connectivity index (χ0v) is 21.7. The summed E-state index contributed by atoms with van der Waals surface area (Å²) in [6.45, 7) is 12.2. The number of nitrogens with zero attached hydrogens (tertiary/aromatic N) is 4. The molecule has 1 N–H and O–H groups in total. The second-order valence-corrected chi connectivity index (χ2v) is 8.40. The van der Waals surface area contributed by atoms with E-state index in [1.165, 1.54) is 5.56 Å². The average molecular weight is 543 g/mol. The van der Waals surface area contributed by atoms with Gasteiger partial charge in [0.25, 0.3) is 0 Å². The van der Waals surface area contributed by atoms with Crippen LogP contribution < -0.4 is 10.1 Å².